The number of benzene rings is 1. The number of ether oxygens (including phenoxy) is 2. The number of anilines is 1. The van der Waals surface area contributed by atoms with Crippen molar-refractivity contribution >= 4 is 5.82 Å². The fourth-order valence-corrected chi connectivity index (χ4v) is 1.51. The Morgan fingerprint density at radius 3 is 2.58 bits per heavy atom. The standard InChI is InChI=1S/C13H16N4O2/c1-10-15-12(17-14)9-13(16-10)19-8-7-18-11-5-3-2-4-6-11/h2-6,9H,7-8,14H2,1H3,(H,15,16,17). The Hall–Kier alpha value is -2.34. The highest BCUT2D eigenvalue weighted by Crippen LogP contribution is 2.12. The maximum absolute atomic E-state index is 5.51. The van der Waals surface area contributed by atoms with Gasteiger partial charge in [-0.15, -0.1) is 0 Å². The van der Waals surface area contributed by atoms with Gasteiger partial charge in [0, 0.05) is 6.07 Å². The fourth-order valence-electron chi connectivity index (χ4n) is 1.51. The molecule has 0 spiro atoms. The second-order valence-corrected chi connectivity index (χ2v) is 3.79. The van der Waals surface area contributed by atoms with Gasteiger partial charge in [0.15, 0.2) is 0 Å². The van der Waals surface area contributed by atoms with Crippen molar-refractivity contribution in [3.63, 3.8) is 0 Å². The van der Waals surface area contributed by atoms with Crippen molar-refractivity contribution in [1.82, 2.24) is 9.97 Å². The van der Waals surface area contributed by atoms with Gasteiger partial charge < -0.3 is 14.9 Å². The van der Waals surface area contributed by atoms with Crippen LogP contribution in [0.4, 0.5) is 5.82 Å². The molecule has 0 aliphatic carbocycles. The smallest absolute Gasteiger partial charge is 0.218 e. The lowest BCUT2D eigenvalue weighted by Crippen LogP contribution is -2.12. The third-order valence-corrected chi connectivity index (χ3v) is 2.31. The number of nitrogens with zero attached hydrogens (tertiary/aromatic N) is 2. The lowest BCUT2D eigenvalue weighted by molar-refractivity contribution is 0.211. The lowest BCUT2D eigenvalue weighted by atomic mass is 10.3. The van der Waals surface area contributed by atoms with E-state index in [-0.39, 0.29) is 0 Å². The maximum Gasteiger partial charge on any atom is 0.218 e. The predicted octanol–water partition coefficient (Wildman–Crippen LogP) is 1.53. The molecule has 1 aromatic carbocycles. The number of rotatable bonds is 6. The van der Waals surface area contributed by atoms with Crippen LogP contribution >= 0.6 is 0 Å². The number of hydrogen-bond acceptors (Lipinski definition) is 6. The minimum Gasteiger partial charge on any atom is -0.490 e. The monoisotopic (exact) mass is 260 g/mol. The highest BCUT2D eigenvalue weighted by molar-refractivity contribution is 5.36. The highest BCUT2D eigenvalue weighted by Gasteiger charge is 2.01. The minimum atomic E-state index is 0.398. The molecule has 2 rings (SSSR count). The molecule has 0 saturated carbocycles. The Labute approximate surface area is 111 Å². The summed E-state index contributed by atoms with van der Waals surface area (Å²) in [5, 5.41) is 0. The van der Waals surface area contributed by atoms with Gasteiger partial charge in [-0.1, -0.05) is 18.2 Å². The quantitative estimate of drug-likeness (QED) is 0.465. The first-order valence-electron chi connectivity index (χ1n) is 5.91. The van der Waals surface area contributed by atoms with Crippen molar-refractivity contribution in [3.8, 4) is 11.6 Å². The van der Waals surface area contributed by atoms with Crippen LogP contribution in [0.25, 0.3) is 0 Å². The zero-order valence-corrected chi connectivity index (χ0v) is 10.7. The average Bonchev–Trinajstić information content (AvgIpc) is 2.44. The van der Waals surface area contributed by atoms with Gasteiger partial charge in [-0.05, 0) is 19.1 Å². The Bertz CT molecular complexity index is 519. The summed E-state index contributed by atoms with van der Waals surface area (Å²) in [4.78, 5) is 8.21. The molecule has 0 unspecified atom stereocenters. The molecule has 1 heterocycles. The predicted molar refractivity (Wildman–Crippen MR) is 72.0 cm³/mol. The van der Waals surface area contributed by atoms with E-state index in [0.29, 0.717) is 30.7 Å². The molecular weight excluding hydrogens is 244 g/mol. The van der Waals surface area contributed by atoms with Gasteiger partial charge in [-0.3, -0.25) is 0 Å². The molecule has 0 saturated heterocycles. The van der Waals surface area contributed by atoms with Crippen molar-refractivity contribution in [2.24, 2.45) is 5.84 Å². The summed E-state index contributed by atoms with van der Waals surface area (Å²) in [5.74, 6) is 7.69. The van der Waals surface area contributed by atoms with Crippen LogP contribution in [0.15, 0.2) is 36.4 Å². The van der Waals surface area contributed by atoms with Crippen molar-refractivity contribution in [2.45, 2.75) is 6.92 Å². The Balaban J connectivity index is 1.81. The van der Waals surface area contributed by atoms with Gasteiger partial charge in [0.2, 0.25) is 5.88 Å². The van der Waals surface area contributed by atoms with Gasteiger partial charge in [-0.2, -0.15) is 4.98 Å². The lowest BCUT2D eigenvalue weighted by Gasteiger charge is -2.09. The number of hydrazine groups is 1. The van der Waals surface area contributed by atoms with Crippen LogP contribution in [0.5, 0.6) is 11.6 Å². The molecule has 0 aliphatic heterocycles. The molecule has 3 N–H and O–H groups in total. The molecule has 1 aromatic heterocycles. The largest absolute Gasteiger partial charge is 0.490 e. The van der Waals surface area contributed by atoms with Crippen LogP contribution in [0.1, 0.15) is 5.82 Å². The maximum atomic E-state index is 5.51. The summed E-state index contributed by atoms with van der Waals surface area (Å²) < 4.78 is 11.0. The van der Waals surface area contributed by atoms with Crippen LogP contribution in [0, 0.1) is 6.92 Å². The first kappa shape index (κ1) is 13.1. The molecule has 100 valence electrons. The first-order chi connectivity index (χ1) is 9.28. The summed E-state index contributed by atoms with van der Waals surface area (Å²) in [6.45, 7) is 2.61. The van der Waals surface area contributed by atoms with Gasteiger partial charge in [0.05, 0.1) is 0 Å². The molecule has 0 amide bonds. The van der Waals surface area contributed by atoms with Crippen LogP contribution < -0.4 is 20.7 Å². The molecule has 0 fully saturated rings. The number of aryl methyl sites for hydroxylation is 1. The van der Waals surface area contributed by atoms with E-state index in [2.05, 4.69) is 15.4 Å². The van der Waals surface area contributed by atoms with E-state index in [9.17, 15) is 0 Å². The summed E-state index contributed by atoms with van der Waals surface area (Å²) in [7, 11) is 0. The van der Waals surface area contributed by atoms with Gasteiger partial charge in [0.25, 0.3) is 0 Å². The van der Waals surface area contributed by atoms with Crippen molar-refractivity contribution < 1.29 is 9.47 Å². The van der Waals surface area contributed by atoms with E-state index in [1.165, 1.54) is 0 Å². The highest BCUT2D eigenvalue weighted by atomic mass is 16.5. The molecule has 0 atom stereocenters. The summed E-state index contributed by atoms with van der Waals surface area (Å²) in [6, 6.07) is 11.2. The molecular formula is C13H16N4O2. The number of nitrogens with two attached hydrogens (primary N) is 1. The van der Waals surface area contributed by atoms with E-state index < -0.39 is 0 Å². The number of para-hydroxylation sites is 1. The van der Waals surface area contributed by atoms with E-state index >= 15 is 0 Å². The van der Waals surface area contributed by atoms with Crippen molar-refractivity contribution in [3.05, 3.63) is 42.2 Å². The van der Waals surface area contributed by atoms with Crippen molar-refractivity contribution in [1.29, 1.82) is 0 Å². The Kier molecular flexibility index (Phi) is 4.52. The SMILES string of the molecule is Cc1nc(NN)cc(OCCOc2ccccc2)n1. The molecule has 19 heavy (non-hydrogen) atoms. The van der Waals surface area contributed by atoms with Crippen LogP contribution in [-0.4, -0.2) is 23.2 Å². The molecule has 0 bridgehead atoms. The second-order valence-electron chi connectivity index (χ2n) is 3.79. The molecule has 2 aromatic rings. The first-order valence-corrected chi connectivity index (χ1v) is 5.91. The number of nitrogen functional groups attached to an aromatic ring is 1. The zero-order chi connectivity index (χ0) is 13.5. The van der Waals surface area contributed by atoms with E-state index in [1.807, 2.05) is 30.3 Å². The summed E-state index contributed by atoms with van der Waals surface area (Å²) in [5.41, 5.74) is 2.46. The van der Waals surface area contributed by atoms with Gasteiger partial charge in [0.1, 0.15) is 30.6 Å². The third-order valence-electron chi connectivity index (χ3n) is 2.31. The van der Waals surface area contributed by atoms with E-state index in [0.717, 1.165) is 5.75 Å². The summed E-state index contributed by atoms with van der Waals surface area (Å²) >= 11 is 0. The Morgan fingerprint density at radius 2 is 1.84 bits per heavy atom. The fraction of sp³-hybridized carbons (Fsp3) is 0.231. The van der Waals surface area contributed by atoms with Crippen LogP contribution in [-0.2, 0) is 0 Å². The number of hydrogen-bond donors (Lipinski definition) is 2. The van der Waals surface area contributed by atoms with Crippen LogP contribution in [0.3, 0.4) is 0 Å². The number of aromatic nitrogens is 2. The average molecular weight is 260 g/mol. The van der Waals surface area contributed by atoms with Crippen molar-refractivity contribution in [2.75, 3.05) is 18.6 Å². The normalized spacial score (nSPS) is 10.0. The zero-order valence-electron chi connectivity index (χ0n) is 10.7. The minimum absolute atomic E-state index is 0.398. The van der Waals surface area contributed by atoms with Gasteiger partial charge >= 0.3 is 0 Å². The molecule has 6 heteroatoms. The Morgan fingerprint density at radius 1 is 1.11 bits per heavy atom. The molecule has 0 radical (unpaired) electrons. The number of nitrogens with one attached hydrogen (secondary N) is 1. The topological polar surface area (TPSA) is 82.3 Å². The molecule has 6 nitrogen and oxygen atoms in total. The van der Waals surface area contributed by atoms with E-state index in [4.69, 9.17) is 15.3 Å². The molecule has 0 aliphatic rings. The second kappa shape index (κ2) is 6.55. The third kappa shape index (κ3) is 4.11. The van der Waals surface area contributed by atoms with Gasteiger partial charge in [-0.25, -0.2) is 10.8 Å². The van der Waals surface area contributed by atoms with Crippen LogP contribution in [0.2, 0.25) is 0 Å². The van der Waals surface area contributed by atoms with E-state index in [1.54, 1.807) is 13.0 Å². The summed E-state index contributed by atoms with van der Waals surface area (Å²) in [6.07, 6.45) is 0.